The van der Waals surface area contributed by atoms with Crippen molar-refractivity contribution in [1.29, 1.82) is 0 Å². The molecule has 5 nitrogen and oxygen atoms in total. The molecule has 0 radical (unpaired) electrons. The number of ether oxygens (including phenoxy) is 1. The second kappa shape index (κ2) is 6.92. The van der Waals surface area contributed by atoms with E-state index in [2.05, 4.69) is 4.98 Å². The zero-order valence-corrected chi connectivity index (χ0v) is 13.8. The number of nitrogen functional groups attached to an aromatic ring is 1. The molecule has 24 heavy (non-hydrogen) atoms. The van der Waals surface area contributed by atoms with E-state index in [1.54, 1.807) is 18.2 Å². The van der Waals surface area contributed by atoms with Crippen LogP contribution in [0, 0.1) is 12.7 Å². The Hall–Kier alpha value is -2.54. The first-order valence-corrected chi connectivity index (χ1v) is 8.33. The van der Waals surface area contributed by atoms with Crippen LogP contribution in [0.1, 0.15) is 5.56 Å². The van der Waals surface area contributed by atoms with Gasteiger partial charge in [-0.2, -0.15) is 0 Å². The van der Waals surface area contributed by atoms with Gasteiger partial charge in [-0.05, 0) is 43.3 Å². The molecular weight excluding hydrogens is 329 g/mol. The van der Waals surface area contributed by atoms with E-state index in [1.807, 2.05) is 19.1 Å². The number of thioether (sulfide) groups is 1. The lowest BCUT2D eigenvalue weighted by Crippen LogP contribution is -2.30. The molecule has 0 spiro atoms. The number of rotatable bonds is 5. The van der Waals surface area contributed by atoms with Gasteiger partial charge < -0.3 is 10.6 Å². The standard InChI is InChI=1S/C17H16FN3O2S/c1-11-2-7-15-14(10-11)16(22)21(19)17(20-15)24-9-8-23-13-5-3-12(18)4-6-13/h2-7,10H,8-9,19H2,1H3. The van der Waals surface area contributed by atoms with E-state index < -0.39 is 0 Å². The molecule has 0 atom stereocenters. The molecule has 2 N–H and O–H groups in total. The summed E-state index contributed by atoms with van der Waals surface area (Å²) >= 11 is 1.33. The number of benzene rings is 2. The maximum atomic E-state index is 12.8. The van der Waals surface area contributed by atoms with Crippen molar-refractivity contribution in [2.75, 3.05) is 18.2 Å². The zero-order chi connectivity index (χ0) is 17.1. The average molecular weight is 345 g/mol. The van der Waals surface area contributed by atoms with Crippen molar-refractivity contribution >= 4 is 22.7 Å². The first kappa shape index (κ1) is 16.3. The van der Waals surface area contributed by atoms with Crippen molar-refractivity contribution < 1.29 is 9.13 Å². The van der Waals surface area contributed by atoms with Crippen molar-refractivity contribution in [3.63, 3.8) is 0 Å². The Labute approximate surface area is 142 Å². The van der Waals surface area contributed by atoms with E-state index in [0.29, 0.717) is 34.2 Å². The fraction of sp³-hybridized carbons (Fsp3) is 0.176. The molecule has 0 bridgehead atoms. The molecule has 7 heteroatoms. The second-order valence-electron chi connectivity index (χ2n) is 5.24. The number of hydrogen-bond acceptors (Lipinski definition) is 5. The predicted octanol–water partition coefficient (Wildman–Crippen LogP) is 2.73. The fourth-order valence-electron chi connectivity index (χ4n) is 2.22. The molecule has 3 rings (SSSR count). The van der Waals surface area contributed by atoms with Gasteiger partial charge in [0.1, 0.15) is 11.6 Å². The third kappa shape index (κ3) is 3.51. The molecule has 124 valence electrons. The molecule has 0 aliphatic rings. The quantitative estimate of drug-likeness (QED) is 0.333. The average Bonchev–Trinajstić information content (AvgIpc) is 2.58. The molecule has 2 aromatic carbocycles. The minimum absolute atomic E-state index is 0.273. The van der Waals surface area contributed by atoms with Crippen LogP contribution >= 0.6 is 11.8 Å². The summed E-state index contributed by atoms with van der Waals surface area (Å²) in [6.07, 6.45) is 0. The Morgan fingerprint density at radius 1 is 1.25 bits per heavy atom. The Balaban J connectivity index is 1.69. The number of aryl methyl sites for hydroxylation is 1. The molecule has 1 aromatic heterocycles. The fourth-order valence-corrected chi connectivity index (χ4v) is 2.95. The van der Waals surface area contributed by atoms with Crippen LogP contribution in [0.5, 0.6) is 5.75 Å². The van der Waals surface area contributed by atoms with Gasteiger partial charge in [0.25, 0.3) is 5.56 Å². The van der Waals surface area contributed by atoms with Crippen molar-refractivity contribution in [3.8, 4) is 5.75 Å². The molecule has 0 unspecified atom stereocenters. The van der Waals surface area contributed by atoms with Crippen LogP contribution < -0.4 is 16.1 Å². The maximum Gasteiger partial charge on any atom is 0.280 e. The number of hydrogen-bond donors (Lipinski definition) is 1. The van der Waals surface area contributed by atoms with Crippen molar-refractivity contribution in [1.82, 2.24) is 9.66 Å². The summed E-state index contributed by atoms with van der Waals surface area (Å²) in [6.45, 7) is 2.30. The molecule has 3 aromatic rings. The lowest BCUT2D eigenvalue weighted by atomic mass is 10.2. The van der Waals surface area contributed by atoms with Gasteiger partial charge >= 0.3 is 0 Å². The van der Waals surface area contributed by atoms with Crippen LogP contribution in [0.2, 0.25) is 0 Å². The molecule has 0 saturated carbocycles. The van der Waals surface area contributed by atoms with Crippen LogP contribution in [0.15, 0.2) is 52.4 Å². The van der Waals surface area contributed by atoms with Gasteiger partial charge in [0.05, 0.1) is 17.5 Å². The van der Waals surface area contributed by atoms with Gasteiger partial charge in [-0.1, -0.05) is 23.4 Å². The first-order chi connectivity index (χ1) is 11.5. The SMILES string of the molecule is Cc1ccc2nc(SCCOc3ccc(F)cc3)n(N)c(=O)c2c1. The molecule has 1 heterocycles. The van der Waals surface area contributed by atoms with Crippen LogP contribution in [0.25, 0.3) is 10.9 Å². The molecular formula is C17H16FN3O2S. The highest BCUT2D eigenvalue weighted by Crippen LogP contribution is 2.18. The number of nitrogens with two attached hydrogens (primary N) is 1. The highest BCUT2D eigenvalue weighted by molar-refractivity contribution is 7.99. The third-order valence-corrected chi connectivity index (χ3v) is 4.34. The first-order valence-electron chi connectivity index (χ1n) is 7.34. The summed E-state index contributed by atoms with van der Waals surface area (Å²) in [6, 6.07) is 11.3. The summed E-state index contributed by atoms with van der Waals surface area (Å²) in [5, 5.41) is 0.934. The molecule has 0 fully saturated rings. The smallest absolute Gasteiger partial charge is 0.280 e. The normalized spacial score (nSPS) is 10.9. The van der Waals surface area contributed by atoms with E-state index in [9.17, 15) is 9.18 Å². The predicted molar refractivity (Wildman–Crippen MR) is 93.5 cm³/mol. The molecule has 0 amide bonds. The maximum absolute atomic E-state index is 12.8. The van der Waals surface area contributed by atoms with Crippen LogP contribution in [-0.4, -0.2) is 22.0 Å². The number of aromatic nitrogens is 2. The lowest BCUT2D eigenvalue weighted by molar-refractivity contribution is 0.343. The van der Waals surface area contributed by atoms with Gasteiger partial charge in [0.2, 0.25) is 0 Å². The van der Waals surface area contributed by atoms with Gasteiger partial charge in [-0.15, -0.1) is 0 Å². The van der Waals surface area contributed by atoms with E-state index in [1.165, 1.54) is 23.9 Å². The van der Waals surface area contributed by atoms with Crippen LogP contribution in [0.4, 0.5) is 4.39 Å². The summed E-state index contributed by atoms with van der Waals surface area (Å²) < 4.78 is 19.4. The van der Waals surface area contributed by atoms with Crippen LogP contribution in [-0.2, 0) is 0 Å². The van der Waals surface area contributed by atoms with Crippen molar-refractivity contribution in [3.05, 3.63) is 64.2 Å². The van der Waals surface area contributed by atoms with E-state index in [0.717, 1.165) is 10.2 Å². The topological polar surface area (TPSA) is 70.1 Å². The lowest BCUT2D eigenvalue weighted by Gasteiger charge is -2.09. The van der Waals surface area contributed by atoms with E-state index >= 15 is 0 Å². The van der Waals surface area contributed by atoms with Gasteiger partial charge in [-0.25, -0.2) is 14.1 Å². The van der Waals surface area contributed by atoms with Crippen molar-refractivity contribution in [2.24, 2.45) is 0 Å². The minimum atomic E-state index is -0.306. The monoisotopic (exact) mass is 345 g/mol. The second-order valence-corrected chi connectivity index (χ2v) is 6.30. The Morgan fingerprint density at radius 2 is 2.00 bits per heavy atom. The van der Waals surface area contributed by atoms with Gasteiger partial charge in [0.15, 0.2) is 5.16 Å². The summed E-state index contributed by atoms with van der Waals surface area (Å²) in [7, 11) is 0. The van der Waals surface area contributed by atoms with E-state index in [-0.39, 0.29) is 11.4 Å². The Kier molecular flexibility index (Phi) is 4.71. The number of nitrogens with zero attached hydrogens (tertiary/aromatic N) is 2. The van der Waals surface area contributed by atoms with Crippen molar-refractivity contribution in [2.45, 2.75) is 12.1 Å². The zero-order valence-electron chi connectivity index (χ0n) is 13.0. The summed E-state index contributed by atoms with van der Waals surface area (Å²) in [4.78, 5) is 16.7. The molecule has 0 saturated heterocycles. The third-order valence-electron chi connectivity index (χ3n) is 3.42. The highest BCUT2D eigenvalue weighted by atomic mass is 32.2. The van der Waals surface area contributed by atoms with E-state index in [4.69, 9.17) is 10.6 Å². The van der Waals surface area contributed by atoms with Crippen LogP contribution in [0.3, 0.4) is 0 Å². The summed E-state index contributed by atoms with van der Waals surface area (Å²) in [5.74, 6) is 6.68. The molecule has 0 aliphatic heterocycles. The summed E-state index contributed by atoms with van der Waals surface area (Å²) in [5.41, 5.74) is 1.33. The van der Waals surface area contributed by atoms with Gasteiger partial charge in [0, 0.05) is 5.75 Å². The van der Waals surface area contributed by atoms with Gasteiger partial charge in [-0.3, -0.25) is 4.79 Å². The Bertz CT molecular complexity index is 926. The largest absolute Gasteiger partial charge is 0.493 e. The molecule has 0 aliphatic carbocycles. The number of fused-ring (bicyclic) bond motifs is 1. The highest BCUT2D eigenvalue weighted by Gasteiger charge is 2.09. The number of halogens is 1. The Morgan fingerprint density at radius 3 is 2.75 bits per heavy atom. The minimum Gasteiger partial charge on any atom is -0.493 e.